The van der Waals surface area contributed by atoms with E-state index in [1.807, 2.05) is 6.92 Å². The summed E-state index contributed by atoms with van der Waals surface area (Å²) in [5.41, 5.74) is 0.437. The van der Waals surface area contributed by atoms with E-state index in [-0.39, 0.29) is 5.01 Å². The second kappa shape index (κ2) is 4.63. The summed E-state index contributed by atoms with van der Waals surface area (Å²) in [6.45, 7) is 1.84. The molecule has 0 fully saturated rings. The van der Waals surface area contributed by atoms with Crippen molar-refractivity contribution in [2.75, 3.05) is 0 Å². The van der Waals surface area contributed by atoms with Crippen molar-refractivity contribution in [1.82, 2.24) is 0 Å². The van der Waals surface area contributed by atoms with Crippen LogP contribution in [0.15, 0.2) is 24.3 Å². The summed E-state index contributed by atoms with van der Waals surface area (Å²) in [6.07, 6.45) is 0. The van der Waals surface area contributed by atoms with Crippen molar-refractivity contribution in [3.8, 4) is 5.75 Å². The molecule has 1 atom stereocenters. The van der Waals surface area contributed by atoms with Crippen molar-refractivity contribution in [2.24, 2.45) is 0 Å². The molecule has 0 saturated carbocycles. The van der Waals surface area contributed by atoms with Crippen LogP contribution in [0.25, 0.3) is 0 Å². The summed E-state index contributed by atoms with van der Waals surface area (Å²) in [6, 6.07) is 6.73. The maximum absolute atomic E-state index is 10.8. The maximum Gasteiger partial charge on any atom is 0.252 e. The van der Waals surface area contributed by atoms with E-state index in [4.69, 9.17) is 16.3 Å². The molecule has 70 valence electrons. The van der Waals surface area contributed by atoms with Crippen LogP contribution in [-0.2, 0) is 0 Å². The van der Waals surface area contributed by atoms with E-state index in [1.54, 1.807) is 24.3 Å². The van der Waals surface area contributed by atoms with Crippen LogP contribution in [0.1, 0.15) is 17.3 Å². The van der Waals surface area contributed by atoms with Gasteiger partial charge in [0.2, 0.25) is 0 Å². The Kier molecular flexibility index (Phi) is 3.75. The first kappa shape index (κ1) is 10.5. The predicted octanol–water partition coefficient (Wildman–Crippen LogP) is 3.19. The minimum absolute atomic E-state index is 0.0897. The Bertz CT molecular complexity index is 312. The highest BCUT2D eigenvalue weighted by atomic mass is 79.9. The lowest BCUT2D eigenvalue weighted by Gasteiger charge is -2.07. The Balaban J connectivity index is 2.85. The molecule has 0 aliphatic rings. The maximum atomic E-state index is 10.8. The molecule has 13 heavy (non-hydrogen) atoms. The number of benzene rings is 1. The molecule has 0 heterocycles. The van der Waals surface area contributed by atoms with E-state index in [0.717, 1.165) is 0 Å². The quantitative estimate of drug-likeness (QED) is 0.618. The molecule has 0 radical (unpaired) electrons. The monoisotopic (exact) mass is 262 g/mol. The molecule has 1 aromatic carbocycles. The SMILES string of the molecule is CC(Br)Oc1cccc(C(=O)Cl)c1. The molecule has 0 aliphatic carbocycles. The molecule has 0 aromatic heterocycles. The van der Waals surface area contributed by atoms with E-state index in [1.165, 1.54) is 0 Å². The van der Waals surface area contributed by atoms with Crippen LogP contribution in [0.4, 0.5) is 0 Å². The third-order valence-corrected chi connectivity index (χ3v) is 1.76. The standard InChI is InChI=1S/C9H8BrClO2/c1-6(10)13-8-4-2-3-7(5-8)9(11)12/h2-6H,1H3. The molecule has 0 amide bonds. The van der Waals surface area contributed by atoms with Crippen molar-refractivity contribution in [3.05, 3.63) is 29.8 Å². The van der Waals surface area contributed by atoms with Crippen LogP contribution in [0.3, 0.4) is 0 Å². The van der Waals surface area contributed by atoms with E-state index in [2.05, 4.69) is 15.9 Å². The Hall–Kier alpha value is -0.540. The van der Waals surface area contributed by atoms with E-state index < -0.39 is 5.24 Å². The van der Waals surface area contributed by atoms with Gasteiger partial charge in [-0.1, -0.05) is 6.07 Å². The summed E-state index contributed by atoms with van der Waals surface area (Å²) < 4.78 is 5.31. The van der Waals surface area contributed by atoms with Gasteiger partial charge in [-0.05, 0) is 52.7 Å². The van der Waals surface area contributed by atoms with E-state index in [0.29, 0.717) is 11.3 Å². The van der Waals surface area contributed by atoms with Crippen LogP contribution in [0, 0.1) is 0 Å². The molecule has 0 bridgehead atoms. The van der Waals surface area contributed by atoms with Gasteiger partial charge in [0.05, 0.1) is 0 Å². The van der Waals surface area contributed by atoms with Crippen molar-refractivity contribution in [3.63, 3.8) is 0 Å². The van der Waals surface area contributed by atoms with Crippen LogP contribution >= 0.6 is 27.5 Å². The van der Waals surface area contributed by atoms with Crippen molar-refractivity contribution in [2.45, 2.75) is 11.9 Å². The lowest BCUT2D eigenvalue weighted by atomic mass is 10.2. The average molecular weight is 264 g/mol. The number of ether oxygens (including phenoxy) is 1. The topological polar surface area (TPSA) is 26.3 Å². The smallest absolute Gasteiger partial charge is 0.252 e. The zero-order chi connectivity index (χ0) is 9.84. The number of hydrogen-bond acceptors (Lipinski definition) is 2. The number of rotatable bonds is 3. The highest BCUT2D eigenvalue weighted by Gasteiger charge is 2.04. The molecule has 1 unspecified atom stereocenters. The van der Waals surface area contributed by atoms with Gasteiger partial charge < -0.3 is 4.74 Å². The molecule has 0 spiro atoms. The van der Waals surface area contributed by atoms with Crippen LogP contribution < -0.4 is 4.74 Å². The second-order valence-electron chi connectivity index (χ2n) is 2.46. The zero-order valence-electron chi connectivity index (χ0n) is 6.96. The van der Waals surface area contributed by atoms with Crippen LogP contribution in [0.2, 0.25) is 0 Å². The molecule has 2 nitrogen and oxygen atoms in total. The molecule has 0 saturated heterocycles. The van der Waals surface area contributed by atoms with Gasteiger partial charge in [0.15, 0.2) is 5.01 Å². The molecular weight excluding hydrogens is 255 g/mol. The highest BCUT2D eigenvalue weighted by molar-refractivity contribution is 9.09. The van der Waals surface area contributed by atoms with Crippen LogP contribution in [-0.4, -0.2) is 10.3 Å². The Labute approximate surface area is 90.0 Å². The van der Waals surface area contributed by atoms with Gasteiger partial charge in [0.1, 0.15) is 5.75 Å². The fraction of sp³-hybridized carbons (Fsp3) is 0.222. The van der Waals surface area contributed by atoms with Crippen molar-refractivity contribution in [1.29, 1.82) is 0 Å². The largest absolute Gasteiger partial charge is 0.480 e. The first-order chi connectivity index (χ1) is 6.09. The first-order valence-electron chi connectivity index (χ1n) is 3.70. The van der Waals surface area contributed by atoms with E-state index in [9.17, 15) is 4.79 Å². The fourth-order valence-corrected chi connectivity index (χ4v) is 1.21. The third kappa shape index (κ3) is 3.36. The normalized spacial score (nSPS) is 12.2. The third-order valence-electron chi connectivity index (χ3n) is 1.36. The number of halogens is 2. The van der Waals surface area contributed by atoms with Crippen molar-refractivity contribution >= 4 is 32.8 Å². The summed E-state index contributed by atoms with van der Waals surface area (Å²) in [7, 11) is 0. The molecule has 0 N–H and O–H groups in total. The minimum Gasteiger partial charge on any atom is -0.480 e. The molecule has 0 aliphatic heterocycles. The summed E-state index contributed by atoms with van der Waals surface area (Å²) >= 11 is 8.54. The number of alkyl halides is 1. The zero-order valence-corrected chi connectivity index (χ0v) is 9.30. The summed E-state index contributed by atoms with van der Waals surface area (Å²) in [5, 5.41) is -0.569. The molecule has 1 rings (SSSR count). The van der Waals surface area contributed by atoms with Gasteiger partial charge in [-0.3, -0.25) is 4.79 Å². The minimum atomic E-state index is -0.479. The highest BCUT2D eigenvalue weighted by Crippen LogP contribution is 2.17. The molecule has 4 heteroatoms. The van der Waals surface area contributed by atoms with Gasteiger partial charge in [-0.2, -0.15) is 0 Å². The van der Waals surface area contributed by atoms with Crippen LogP contribution in [0.5, 0.6) is 5.75 Å². The molecular formula is C9H8BrClO2. The lowest BCUT2D eigenvalue weighted by molar-refractivity contribution is 0.108. The Morgan fingerprint density at radius 2 is 2.31 bits per heavy atom. The second-order valence-corrected chi connectivity index (χ2v) is 4.10. The Morgan fingerprint density at radius 1 is 1.62 bits per heavy atom. The van der Waals surface area contributed by atoms with Gasteiger partial charge in [-0.15, -0.1) is 0 Å². The lowest BCUT2D eigenvalue weighted by Crippen LogP contribution is -2.02. The Morgan fingerprint density at radius 3 is 2.85 bits per heavy atom. The summed E-state index contributed by atoms with van der Waals surface area (Å²) in [4.78, 5) is 10.8. The van der Waals surface area contributed by atoms with Gasteiger partial charge in [0, 0.05) is 5.56 Å². The van der Waals surface area contributed by atoms with Gasteiger partial charge in [0.25, 0.3) is 5.24 Å². The molecule has 1 aromatic rings. The van der Waals surface area contributed by atoms with E-state index >= 15 is 0 Å². The number of carbonyl (C=O) groups excluding carboxylic acids is 1. The van der Waals surface area contributed by atoms with Gasteiger partial charge in [-0.25, -0.2) is 0 Å². The number of hydrogen-bond donors (Lipinski definition) is 0. The summed E-state index contributed by atoms with van der Waals surface area (Å²) in [5.74, 6) is 0.621. The fourth-order valence-electron chi connectivity index (χ4n) is 0.879. The average Bonchev–Trinajstić information content (AvgIpc) is 2.03. The predicted molar refractivity (Wildman–Crippen MR) is 55.6 cm³/mol. The van der Waals surface area contributed by atoms with Gasteiger partial charge >= 0.3 is 0 Å². The number of carbonyl (C=O) groups is 1. The first-order valence-corrected chi connectivity index (χ1v) is 4.99. The van der Waals surface area contributed by atoms with Crippen molar-refractivity contribution < 1.29 is 9.53 Å².